The van der Waals surface area contributed by atoms with Gasteiger partial charge in [-0.3, -0.25) is 14.8 Å². The number of ether oxygens (including phenoxy) is 2. The van der Waals surface area contributed by atoms with Crippen molar-refractivity contribution >= 4 is 45.9 Å². The molecule has 45 heavy (non-hydrogen) atoms. The number of methoxy groups -OCH3 is 1. The Morgan fingerprint density at radius 1 is 1.11 bits per heavy atom. The Morgan fingerprint density at radius 3 is 2.62 bits per heavy atom. The third-order valence-corrected chi connectivity index (χ3v) is 7.20. The molecule has 0 radical (unpaired) electrons. The van der Waals surface area contributed by atoms with E-state index in [4.69, 9.17) is 15.2 Å². The number of nitrogens with zero attached hydrogens (tertiary/aromatic N) is 5. The number of aliphatic imine (C=N–C) groups is 1. The van der Waals surface area contributed by atoms with Crippen LogP contribution in [0.3, 0.4) is 0 Å². The number of fused-ring (bicyclic) bond motifs is 1. The van der Waals surface area contributed by atoms with E-state index in [0.29, 0.717) is 41.2 Å². The lowest BCUT2D eigenvalue weighted by Gasteiger charge is -2.32. The van der Waals surface area contributed by atoms with Crippen molar-refractivity contribution in [3.8, 4) is 11.5 Å². The van der Waals surface area contributed by atoms with E-state index in [9.17, 15) is 9.18 Å². The molecule has 3 heterocycles. The Kier molecular flexibility index (Phi) is 9.46. The van der Waals surface area contributed by atoms with Crippen LogP contribution in [0.1, 0.15) is 18.5 Å². The lowest BCUT2D eigenvalue weighted by molar-refractivity contribution is -0.126. The quantitative estimate of drug-likeness (QED) is 0.119. The van der Waals surface area contributed by atoms with Crippen LogP contribution in [0.2, 0.25) is 0 Å². The normalized spacial score (nSPS) is 14.0. The van der Waals surface area contributed by atoms with Gasteiger partial charge < -0.3 is 30.7 Å². The lowest BCUT2D eigenvalue weighted by atomic mass is 10.0. The lowest BCUT2D eigenvalue weighted by Crippen LogP contribution is -2.41. The van der Waals surface area contributed by atoms with Gasteiger partial charge in [-0.05, 0) is 44.0 Å². The molecule has 0 aliphatic carbocycles. The summed E-state index contributed by atoms with van der Waals surface area (Å²) in [5, 5.41) is 7.21. The number of hydrogen-bond donors (Lipinski definition) is 3. The van der Waals surface area contributed by atoms with E-state index in [0.717, 1.165) is 18.5 Å². The third-order valence-electron chi connectivity index (χ3n) is 7.20. The maximum Gasteiger partial charge on any atom is 0.245 e. The molecule has 0 spiro atoms. The maximum absolute atomic E-state index is 15.2. The van der Waals surface area contributed by atoms with Crippen molar-refractivity contribution in [3.05, 3.63) is 90.9 Å². The number of allylic oxidation sites excluding steroid dienone is 1. The highest BCUT2D eigenvalue weighted by Crippen LogP contribution is 2.35. The number of carbonyl (C=O) groups is 1. The molecule has 2 aromatic carbocycles. The van der Waals surface area contributed by atoms with Crippen LogP contribution >= 0.6 is 0 Å². The summed E-state index contributed by atoms with van der Waals surface area (Å²) in [5.74, 6) is -0.0403. The maximum atomic E-state index is 15.2. The van der Waals surface area contributed by atoms with Crippen LogP contribution in [0.25, 0.3) is 10.9 Å². The molecule has 4 N–H and O–H groups in total. The van der Waals surface area contributed by atoms with E-state index in [1.54, 1.807) is 31.1 Å². The van der Waals surface area contributed by atoms with E-state index < -0.39 is 11.6 Å². The molecule has 0 atom stereocenters. The summed E-state index contributed by atoms with van der Waals surface area (Å²) in [7, 11) is 1.58. The fourth-order valence-corrected chi connectivity index (χ4v) is 4.78. The number of carbonyl (C=O) groups excluding carboxylic acids is 1. The molecule has 5 rings (SSSR count). The summed E-state index contributed by atoms with van der Waals surface area (Å²) in [6, 6.07) is 9.25. The second-order valence-electron chi connectivity index (χ2n) is 10.2. The number of anilines is 3. The number of rotatable bonds is 10. The predicted octanol–water partition coefficient (Wildman–Crippen LogP) is 5.53. The van der Waals surface area contributed by atoms with Crippen molar-refractivity contribution in [2.45, 2.75) is 25.8 Å². The van der Waals surface area contributed by atoms with Crippen LogP contribution in [-0.4, -0.2) is 58.2 Å². The zero-order valence-electron chi connectivity index (χ0n) is 24.8. The van der Waals surface area contributed by atoms with Gasteiger partial charge in [0.25, 0.3) is 0 Å². The molecule has 0 bridgehead atoms. The van der Waals surface area contributed by atoms with E-state index in [1.807, 2.05) is 6.07 Å². The summed E-state index contributed by atoms with van der Waals surface area (Å²) >= 11 is 0. The number of nitrogens with two attached hydrogens (primary N) is 1. The number of nitrogens with one attached hydrogen (secondary N) is 2. The first-order chi connectivity index (χ1) is 21.7. The van der Waals surface area contributed by atoms with E-state index in [1.165, 1.54) is 49.1 Å². The molecule has 11 nitrogen and oxygen atoms in total. The Hall–Kier alpha value is -5.59. The summed E-state index contributed by atoms with van der Waals surface area (Å²) in [6.07, 6.45) is 8.35. The number of halogens is 2. The van der Waals surface area contributed by atoms with Crippen molar-refractivity contribution in [2.24, 2.45) is 10.7 Å². The van der Waals surface area contributed by atoms with Crippen molar-refractivity contribution in [2.75, 3.05) is 30.8 Å². The van der Waals surface area contributed by atoms with Crippen molar-refractivity contribution < 1.29 is 23.0 Å². The Balaban J connectivity index is 1.29. The van der Waals surface area contributed by atoms with Gasteiger partial charge in [0.15, 0.2) is 5.88 Å². The third kappa shape index (κ3) is 7.50. The SMILES string of the molecule is C=CC(=O)N1CCC(Nc2cc3c(Nc4ccc(O/C(N)=C/C=Nc5cnc(C)c(F)c5)cc4F)ncnc3cc2OC)CC1. The average Bonchev–Trinajstić information content (AvgIpc) is 3.04. The Morgan fingerprint density at radius 2 is 1.91 bits per heavy atom. The zero-order chi connectivity index (χ0) is 31.9. The number of piperidine rings is 1. The van der Waals surface area contributed by atoms with E-state index >= 15 is 4.39 Å². The number of aromatic nitrogens is 3. The number of benzene rings is 2. The van der Waals surface area contributed by atoms with Crippen LogP contribution in [-0.2, 0) is 4.79 Å². The van der Waals surface area contributed by atoms with Gasteiger partial charge in [-0.15, -0.1) is 0 Å². The Bertz CT molecular complexity index is 1790. The summed E-state index contributed by atoms with van der Waals surface area (Å²) in [4.78, 5) is 30.4. The number of hydrogen-bond acceptors (Lipinski definition) is 10. The molecule has 1 saturated heterocycles. The average molecular weight is 615 g/mol. The van der Waals surface area contributed by atoms with Crippen LogP contribution in [0.15, 0.2) is 78.5 Å². The number of pyridine rings is 1. The minimum absolute atomic E-state index is 0.0480. The van der Waals surface area contributed by atoms with Gasteiger partial charge in [0, 0.05) is 55.0 Å². The highest BCUT2D eigenvalue weighted by Gasteiger charge is 2.23. The van der Waals surface area contributed by atoms with Gasteiger partial charge in [0.1, 0.15) is 35.3 Å². The van der Waals surface area contributed by atoms with Gasteiger partial charge in [0.2, 0.25) is 5.91 Å². The van der Waals surface area contributed by atoms with Crippen molar-refractivity contribution in [1.29, 1.82) is 0 Å². The molecule has 1 fully saturated rings. The topological polar surface area (TPSA) is 140 Å². The Labute approximate surface area is 258 Å². The number of amides is 1. The largest absolute Gasteiger partial charge is 0.495 e. The minimum Gasteiger partial charge on any atom is -0.495 e. The van der Waals surface area contributed by atoms with E-state index in [-0.39, 0.29) is 35.0 Å². The number of likely N-dealkylation sites (tertiary alicyclic amines) is 1. The van der Waals surface area contributed by atoms with Gasteiger partial charge in [-0.2, -0.15) is 0 Å². The van der Waals surface area contributed by atoms with Gasteiger partial charge in [0.05, 0.1) is 41.6 Å². The van der Waals surface area contributed by atoms with Gasteiger partial charge in [-0.1, -0.05) is 6.58 Å². The van der Waals surface area contributed by atoms with Crippen LogP contribution < -0.4 is 25.8 Å². The molecule has 1 aliphatic heterocycles. The summed E-state index contributed by atoms with van der Waals surface area (Å²) in [5.41, 5.74) is 7.97. The van der Waals surface area contributed by atoms with Crippen LogP contribution in [0.5, 0.6) is 11.5 Å². The van der Waals surface area contributed by atoms with Gasteiger partial charge in [-0.25, -0.2) is 18.7 Å². The summed E-state index contributed by atoms with van der Waals surface area (Å²) < 4.78 is 39.9. The fourth-order valence-electron chi connectivity index (χ4n) is 4.78. The van der Waals surface area contributed by atoms with E-state index in [2.05, 4.69) is 37.2 Å². The molecule has 232 valence electrons. The number of aryl methyl sites for hydroxylation is 1. The molecule has 1 aliphatic rings. The van der Waals surface area contributed by atoms with Crippen molar-refractivity contribution in [1.82, 2.24) is 19.9 Å². The minimum atomic E-state index is -0.602. The second-order valence-corrected chi connectivity index (χ2v) is 10.2. The van der Waals surface area contributed by atoms with Crippen LogP contribution in [0, 0.1) is 18.6 Å². The molecular weight excluding hydrogens is 582 g/mol. The molecule has 1 amide bonds. The first kappa shape index (κ1) is 30.9. The second kappa shape index (κ2) is 13.8. The monoisotopic (exact) mass is 614 g/mol. The summed E-state index contributed by atoms with van der Waals surface area (Å²) in [6.45, 7) is 6.36. The molecule has 0 saturated carbocycles. The first-order valence-electron chi connectivity index (χ1n) is 14.1. The predicted molar refractivity (Wildman–Crippen MR) is 169 cm³/mol. The molecular formula is C32H32F2N8O3. The fraction of sp³-hybridized carbons (Fsp3) is 0.219. The first-order valence-corrected chi connectivity index (χ1v) is 14.1. The zero-order valence-corrected chi connectivity index (χ0v) is 24.8. The molecule has 4 aromatic rings. The molecule has 0 unspecified atom stereocenters. The smallest absolute Gasteiger partial charge is 0.245 e. The van der Waals surface area contributed by atoms with Crippen molar-refractivity contribution in [3.63, 3.8) is 0 Å². The molecule has 2 aromatic heterocycles. The van der Waals surface area contributed by atoms with Gasteiger partial charge >= 0.3 is 0 Å². The highest BCUT2D eigenvalue weighted by molar-refractivity contribution is 5.95. The standard InChI is InChI=1S/C32H32F2N8O3/c1-4-31(43)42-11-8-20(9-12-42)40-28-15-23-27(16-29(28)44-3)38-18-39-32(23)41-26-6-5-22(14-25(26)34)45-30(35)7-10-36-21-13-24(33)19(2)37-17-21/h4-7,10,13-18,20,40H,1,8-9,11-12,35H2,2-3H3,(H,38,39,41)/b30-7+,36-10?. The molecule has 13 heteroatoms. The highest BCUT2D eigenvalue weighted by atomic mass is 19.1. The van der Waals surface area contributed by atoms with Crippen LogP contribution in [0.4, 0.5) is 31.7 Å².